The van der Waals surface area contributed by atoms with Gasteiger partial charge in [0.15, 0.2) is 5.03 Å². The van der Waals surface area contributed by atoms with E-state index in [2.05, 4.69) is 5.10 Å². The quantitative estimate of drug-likeness (QED) is 0.768. The van der Waals surface area contributed by atoms with Gasteiger partial charge >= 0.3 is 5.97 Å². The van der Waals surface area contributed by atoms with Crippen molar-refractivity contribution >= 4 is 27.6 Å². The average molecular weight is 336 g/mol. The molecule has 1 aromatic heterocycles. The van der Waals surface area contributed by atoms with Gasteiger partial charge in [0, 0.05) is 20.1 Å². The fourth-order valence-electron chi connectivity index (χ4n) is 2.43. The van der Waals surface area contributed by atoms with Crippen LogP contribution in [0.3, 0.4) is 0 Å². The third-order valence-electron chi connectivity index (χ3n) is 3.43. The van der Waals surface area contributed by atoms with Gasteiger partial charge in [-0.3, -0.25) is 9.48 Å². The first-order valence-corrected chi connectivity index (χ1v) is 8.54. The van der Waals surface area contributed by atoms with Gasteiger partial charge in [-0.15, -0.1) is 0 Å². The van der Waals surface area contributed by atoms with Crippen molar-refractivity contribution in [1.82, 2.24) is 14.1 Å². The molecule has 1 aromatic rings. The van der Waals surface area contributed by atoms with Crippen LogP contribution in [0.15, 0.2) is 11.2 Å². The van der Waals surface area contributed by atoms with Gasteiger partial charge in [0.2, 0.25) is 0 Å². The molecular weight excluding hydrogens is 318 g/mol. The summed E-state index contributed by atoms with van der Waals surface area (Å²) in [6.07, 6.45) is 2.53. The fourth-order valence-corrected chi connectivity index (χ4v) is 4.55. The maximum Gasteiger partial charge on any atom is 0.310 e. The molecule has 0 saturated carbocycles. The Balaban J connectivity index is 2.23. The van der Waals surface area contributed by atoms with Crippen LogP contribution in [-0.4, -0.2) is 48.2 Å². The Labute approximate surface area is 128 Å². The summed E-state index contributed by atoms with van der Waals surface area (Å²) < 4.78 is 32.8. The van der Waals surface area contributed by atoms with Gasteiger partial charge in [-0.25, -0.2) is 8.42 Å². The van der Waals surface area contributed by atoms with Gasteiger partial charge in [0.05, 0.1) is 23.7 Å². The number of hydrogen-bond donors (Lipinski definition) is 0. The van der Waals surface area contributed by atoms with Crippen molar-refractivity contribution in [2.24, 2.45) is 13.0 Å². The first kappa shape index (κ1) is 16.3. The maximum atomic E-state index is 12.6. The monoisotopic (exact) mass is 335 g/mol. The van der Waals surface area contributed by atoms with Crippen LogP contribution in [0.1, 0.15) is 19.8 Å². The van der Waals surface area contributed by atoms with Crippen molar-refractivity contribution in [3.63, 3.8) is 0 Å². The molecular formula is C12H18ClN3O4S. The highest BCUT2D eigenvalue weighted by atomic mass is 35.5. The smallest absolute Gasteiger partial charge is 0.310 e. The molecule has 1 aliphatic heterocycles. The molecule has 0 amide bonds. The number of esters is 1. The molecule has 2 rings (SSSR count). The van der Waals surface area contributed by atoms with Gasteiger partial charge in [-0.05, 0) is 19.8 Å². The number of nitrogens with zero attached hydrogens (tertiary/aromatic N) is 3. The molecule has 0 aromatic carbocycles. The number of piperidine rings is 1. The van der Waals surface area contributed by atoms with Crippen LogP contribution in [0, 0.1) is 5.92 Å². The summed E-state index contributed by atoms with van der Waals surface area (Å²) in [5, 5.41) is 3.88. The molecule has 1 atom stereocenters. The fraction of sp³-hybridized carbons (Fsp3) is 0.667. The van der Waals surface area contributed by atoms with E-state index in [0.717, 1.165) is 0 Å². The average Bonchev–Trinajstić information content (AvgIpc) is 2.79. The lowest BCUT2D eigenvalue weighted by atomic mass is 10.0. The van der Waals surface area contributed by atoms with E-state index < -0.39 is 15.9 Å². The number of aryl methyl sites for hydroxylation is 1. The van der Waals surface area contributed by atoms with Crippen molar-refractivity contribution in [2.45, 2.75) is 24.8 Å². The Morgan fingerprint density at radius 1 is 1.57 bits per heavy atom. The van der Waals surface area contributed by atoms with Crippen LogP contribution in [-0.2, 0) is 26.6 Å². The molecule has 0 aliphatic carbocycles. The van der Waals surface area contributed by atoms with Crippen LogP contribution in [0.4, 0.5) is 0 Å². The van der Waals surface area contributed by atoms with Crippen LogP contribution < -0.4 is 0 Å². The molecule has 7 nitrogen and oxygen atoms in total. The predicted octanol–water partition coefficient (Wildman–Crippen LogP) is 1.04. The highest BCUT2D eigenvalue weighted by Gasteiger charge is 2.36. The minimum absolute atomic E-state index is 0.0475. The number of sulfonamides is 1. The second-order valence-corrected chi connectivity index (χ2v) is 7.14. The van der Waals surface area contributed by atoms with E-state index in [1.165, 1.54) is 22.2 Å². The number of carbonyl (C=O) groups is 1. The van der Waals surface area contributed by atoms with Crippen molar-refractivity contribution in [1.29, 1.82) is 0 Å². The molecule has 0 radical (unpaired) electrons. The summed E-state index contributed by atoms with van der Waals surface area (Å²) in [6, 6.07) is 0. The number of ether oxygens (including phenoxy) is 1. The summed E-state index contributed by atoms with van der Waals surface area (Å²) in [6.45, 7) is 2.49. The van der Waals surface area contributed by atoms with Crippen molar-refractivity contribution in [2.75, 3.05) is 19.7 Å². The zero-order chi connectivity index (χ0) is 15.6. The van der Waals surface area contributed by atoms with Crippen LogP contribution in [0.25, 0.3) is 0 Å². The molecule has 0 bridgehead atoms. The highest BCUT2D eigenvalue weighted by molar-refractivity contribution is 7.89. The van der Waals surface area contributed by atoms with E-state index in [-0.39, 0.29) is 29.2 Å². The van der Waals surface area contributed by atoms with Crippen molar-refractivity contribution in [3.05, 3.63) is 11.2 Å². The van der Waals surface area contributed by atoms with Gasteiger partial charge in [-0.1, -0.05) is 11.6 Å². The number of carbonyl (C=O) groups excluding carboxylic acids is 1. The molecule has 118 valence electrons. The summed E-state index contributed by atoms with van der Waals surface area (Å²) in [5.74, 6) is -0.783. The molecule has 0 spiro atoms. The molecule has 2 heterocycles. The molecule has 1 saturated heterocycles. The molecule has 0 unspecified atom stereocenters. The normalized spacial score (nSPS) is 20.4. The molecule has 1 aliphatic rings. The lowest BCUT2D eigenvalue weighted by Crippen LogP contribution is -2.43. The standard InChI is InChI=1S/C12H18ClN3O4S/c1-3-20-12(17)9-5-4-6-16(8-9)21(18,19)11-10(13)7-14-15(11)2/h7,9H,3-6,8H2,1-2H3/t9-/m1/s1. The summed E-state index contributed by atoms with van der Waals surface area (Å²) in [7, 11) is -2.25. The van der Waals surface area contributed by atoms with E-state index in [9.17, 15) is 13.2 Å². The van der Waals surface area contributed by atoms with E-state index >= 15 is 0 Å². The van der Waals surface area contributed by atoms with Gasteiger partial charge in [-0.2, -0.15) is 9.40 Å². The van der Waals surface area contributed by atoms with E-state index in [4.69, 9.17) is 16.3 Å². The van der Waals surface area contributed by atoms with Gasteiger partial charge < -0.3 is 4.74 Å². The lowest BCUT2D eigenvalue weighted by molar-refractivity contribution is -0.149. The van der Waals surface area contributed by atoms with Crippen molar-refractivity contribution in [3.8, 4) is 0 Å². The third kappa shape index (κ3) is 3.22. The largest absolute Gasteiger partial charge is 0.466 e. The third-order valence-corrected chi connectivity index (χ3v) is 5.80. The number of halogens is 1. The molecule has 21 heavy (non-hydrogen) atoms. The Kier molecular flexibility index (Phi) is 4.90. The SMILES string of the molecule is CCOC(=O)[C@@H]1CCCN(S(=O)(=O)c2c(Cl)cnn2C)C1. The topological polar surface area (TPSA) is 81.5 Å². The van der Waals surface area contributed by atoms with E-state index in [0.29, 0.717) is 19.4 Å². The van der Waals surface area contributed by atoms with Gasteiger partial charge in [0.25, 0.3) is 10.0 Å². The lowest BCUT2D eigenvalue weighted by Gasteiger charge is -2.30. The maximum absolute atomic E-state index is 12.6. The molecule has 0 N–H and O–H groups in total. The van der Waals surface area contributed by atoms with Crippen LogP contribution >= 0.6 is 11.6 Å². The number of rotatable bonds is 4. The van der Waals surface area contributed by atoms with Crippen molar-refractivity contribution < 1.29 is 17.9 Å². The Hall–Kier alpha value is -1.12. The van der Waals surface area contributed by atoms with Crippen LogP contribution in [0.5, 0.6) is 0 Å². The predicted molar refractivity (Wildman–Crippen MR) is 76.3 cm³/mol. The van der Waals surface area contributed by atoms with Gasteiger partial charge in [0.1, 0.15) is 0 Å². The molecule has 1 fully saturated rings. The second-order valence-electron chi connectivity index (χ2n) is 4.88. The first-order valence-electron chi connectivity index (χ1n) is 6.72. The Morgan fingerprint density at radius 2 is 2.29 bits per heavy atom. The van der Waals surface area contributed by atoms with E-state index in [1.807, 2.05) is 0 Å². The van der Waals surface area contributed by atoms with E-state index in [1.54, 1.807) is 6.92 Å². The Bertz CT molecular complexity index is 609. The second kappa shape index (κ2) is 6.33. The number of hydrogen-bond acceptors (Lipinski definition) is 5. The number of aromatic nitrogens is 2. The summed E-state index contributed by atoms with van der Waals surface area (Å²) in [5.41, 5.74) is 0. The minimum Gasteiger partial charge on any atom is -0.466 e. The molecule has 9 heteroatoms. The summed E-state index contributed by atoms with van der Waals surface area (Å²) in [4.78, 5) is 11.8. The zero-order valence-corrected chi connectivity index (χ0v) is 13.5. The Morgan fingerprint density at radius 3 is 2.86 bits per heavy atom. The van der Waals surface area contributed by atoms with Crippen LogP contribution in [0.2, 0.25) is 5.02 Å². The highest BCUT2D eigenvalue weighted by Crippen LogP contribution is 2.28. The first-order chi connectivity index (χ1) is 9.87. The zero-order valence-electron chi connectivity index (χ0n) is 12.0. The minimum atomic E-state index is -3.77. The summed E-state index contributed by atoms with van der Waals surface area (Å²) >= 11 is 5.92.